The first-order valence-corrected chi connectivity index (χ1v) is 12.4. The first kappa shape index (κ1) is 29.7. The van der Waals surface area contributed by atoms with Gasteiger partial charge in [0.05, 0.1) is 6.61 Å². The summed E-state index contributed by atoms with van der Waals surface area (Å²) in [6.07, 6.45) is 2.87. The smallest absolute Gasteiger partial charge is 0.409 e. The van der Waals surface area contributed by atoms with Crippen molar-refractivity contribution in [3.05, 3.63) is 77.4 Å². The number of carbonyl (C=O) groups excluding carboxylic acids is 3. The molecular formula is C28H34F2N2O5. The normalized spacial score (nSPS) is 12.6. The highest BCUT2D eigenvalue weighted by molar-refractivity contribution is 5.85. The Morgan fingerprint density at radius 3 is 2.27 bits per heavy atom. The van der Waals surface area contributed by atoms with Gasteiger partial charge in [0.1, 0.15) is 5.94 Å². The van der Waals surface area contributed by atoms with Crippen LogP contribution in [0, 0.1) is 0 Å². The molecule has 0 saturated heterocycles. The van der Waals surface area contributed by atoms with Crippen molar-refractivity contribution >= 4 is 17.9 Å². The number of rotatable bonds is 15. The molecule has 2 aromatic carbocycles. The number of alkyl carbamates (subject to hydrolysis) is 1. The van der Waals surface area contributed by atoms with Crippen LogP contribution in [0.4, 0.5) is 13.6 Å². The number of halogens is 2. The summed E-state index contributed by atoms with van der Waals surface area (Å²) in [4.78, 5) is 34.9. The van der Waals surface area contributed by atoms with Gasteiger partial charge in [0.15, 0.2) is 0 Å². The first-order valence-electron chi connectivity index (χ1n) is 12.4. The molecule has 0 radical (unpaired) electrons. The molecule has 0 aliphatic rings. The average Bonchev–Trinajstić information content (AvgIpc) is 2.90. The van der Waals surface area contributed by atoms with Crippen LogP contribution in [0.2, 0.25) is 0 Å². The van der Waals surface area contributed by atoms with Crippen molar-refractivity contribution in [2.75, 3.05) is 6.61 Å². The predicted molar refractivity (Wildman–Crippen MR) is 136 cm³/mol. The second kappa shape index (κ2) is 14.9. The Morgan fingerprint density at radius 2 is 1.65 bits per heavy atom. The molecule has 0 aromatic heterocycles. The number of aryl methyl sites for hydroxylation is 2. The van der Waals surface area contributed by atoms with Gasteiger partial charge in [-0.05, 0) is 54.9 Å². The molecule has 1 atom stereocenters. The number of unbranched alkanes of at least 4 members (excludes halogenated alkanes) is 2. The molecule has 37 heavy (non-hydrogen) atoms. The molecule has 0 spiro atoms. The van der Waals surface area contributed by atoms with Gasteiger partial charge in [-0.3, -0.25) is 10.1 Å². The van der Waals surface area contributed by atoms with Gasteiger partial charge in [-0.1, -0.05) is 67.9 Å². The van der Waals surface area contributed by atoms with Crippen LogP contribution in [-0.2, 0) is 33.7 Å². The molecule has 0 aliphatic heterocycles. The van der Waals surface area contributed by atoms with E-state index in [0.717, 1.165) is 24.8 Å². The molecule has 1 unspecified atom stereocenters. The zero-order valence-electron chi connectivity index (χ0n) is 21.0. The van der Waals surface area contributed by atoms with Crippen molar-refractivity contribution in [2.24, 2.45) is 0 Å². The summed E-state index contributed by atoms with van der Waals surface area (Å²) in [5, 5.41) is 14.9. The third kappa shape index (κ3) is 9.44. The maximum Gasteiger partial charge on any atom is 0.409 e. The number of ether oxygens (including phenoxy) is 1. The molecule has 200 valence electrons. The second-order valence-corrected chi connectivity index (χ2v) is 8.75. The van der Waals surface area contributed by atoms with E-state index in [4.69, 9.17) is 4.74 Å². The van der Waals surface area contributed by atoms with Gasteiger partial charge in [0, 0.05) is 13.0 Å². The molecule has 3 N–H and O–H groups in total. The minimum Gasteiger partial charge on any atom is -0.450 e. The van der Waals surface area contributed by atoms with Crippen LogP contribution in [0.1, 0.15) is 55.7 Å². The lowest BCUT2D eigenvalue weighted by molar-refractivity contribution is -0.202. The third-order valence-corrected chi connectivity index (χ3v) is 5.84. The van der Waals surface area contributed by atoms with E-state index in [1.54, 1.807) is 48.4 Å². The van der Waals surface area contributed by atoms with E-state index >= 15 is 8.78 Å². The predicted octanol–water partition coefficient (Wildman–Crippen LogP) is 4.50. The number of amides is 2. The summed E-state index contributed by atoms with van der Waals surface area (Å²) in [6, 6.07) is 15.6. The van der Waals surface area contributed by atoms with Gasteiger partial charge >= 0.3 is 12.0 Å². The van der Waals surface area contributed by atoms with E-state index in [1.165, 1.54) is 6.08 Å². The van der Waals surface area contributed by atoms with Gasteiger partial charge in [0.25, 0.3) is 5.91 Å². The molecule has 0 bridgehead atoms. The minimum absolute atomic E-state index is 0.00567. The van der Waals surface area contributed by atoms with Gasteiger partial charge in [-0.15, -0.1) is 0 Å². The Labute approximate surface area is 215 Å². The van der Waals surface area contributed by atoms with Crippen molar-refractivity contribution < 1.29 is 33.0 Å². The molecule has 0 saturated carbocycles. The Kier molecular flexibility index (Phi) is 11.9. The maximum absolute atomic E-state index is 15.3. The fourth-order valence-corrected chi connectivity index (χ4v) is 3.55. The van der Waals surface area contributed by atoms with Gasteiger partial charge < -0.3 is 15.2 Å². The number of hydrogen-bond donors (Lipinski definition) is 3. The Hall–Kier alpha value is -3.55. The van der Waals surface area contributed by atoms with Gasteiger partial charge in [-0.2, -0.15) is 8.78 Å². The lowest BCUT2D eigenvalue weighted by atomic mass is 9.95. The number of hydrogen-bond acceptors (Lipinski definition) is 5. The molecule has 0 fully saturated rings. The quantitative estimate of drug-likeness (QED) is 0.184. The Balaban J connectivity index is 2.11. The fraction of sp³-hybridized carbons (Fsp3) is 0.429. The summed E-state index contributed by atoms with van der Waals surface area (Å²) in [5.41, 5.74) is -0.945. The van der Waals surface area contributed by atoms with Crippen molar-refractivity contribution in [3.63, 3.8) is 0 Å². The second-order valence-electron chi connectivity index (χ2n) is 8.75. The molecular weight excluding hydrogens is 482 g/mol. The summed E-state index contributed by atoms with van der Waals surface area (Å²) in [7, 11) is 0. The number of allylic oxidation sites excluding steroid dienone is 1. The third-order valence-electron chi connectivity index (χ3n) is 5.84. The SMILES string of the molecule is CCCCOC(=O)NC(O)(CCc1ccc(CCCC=C=O)cc1)C(F)(F)C(=O)NCc1ccccc1. The van der Waals surface area contributed by atoms with Crippen LogP contribution in [0.3, 0.4) is 0 Å². The van der Waals surface area contributed by atoms with Crippen LogP contribution in [-0.4, -0.2) is 41.3 Å². The van der Waals surface area contributed by atoms with Crippen LogP contribution in [0.5, 0.6) is 0 Å². The van der Waals surface area contributed by atoms with Crippen molar-refractivity contribution in [3.8, 4) is 0 Å². The van der Waals surface area contributed by atoms with E-state index < -0.39 is 30.1 Å². The van der Waals surface area contributed by atoms with Crippen molar-refractivity contribution in [2.45, 2.75) is 70.1 Å². The van der Waals surface area contributed by atoms with Crippen molar-refractivity contribution in [1.29, 1.82) is 0 Å². The van der Waals surface area contributed by atoms with Gasteiger partial charge in [0.2, 0.25) is 5.72 Å². The average molecular weight is 517 g/mol. The Morgan fingerprint density at radius 1 is 1.00 bits per heavy atom. The summed E-state index contributed by atoms with van der Waals surface area (Å²) < 4.78 is 35.6. The molecule has 0 aliphatic carbocycles. The van der Waals surface area contributed by atoms with Crippen LogP contribution >= 0.6 is 0 Å². The first-order chi connectivity index (χ1) is 17.7. The van der Waals surface area contributed by atoms with Crippen molar-refractivity contribution in [1.82, 2.24) is 10.6 Å². The fourth-order valence-electron chi connectivity index (χ4n) is 3.55. The highest BCUT2D eigenvalue weighted by Crippen LogP contribution is 2.32. The summed E-state index contributed by atoms with van der Waals surface area (Å²) in [6.45, 7) is 1.70. The van der Waals surface area contributed by atoms with Crippen LogP contribution in [0.25, 0.3) is 0 Å². The monoisotopic (exact) mass is 516 g/mol. The highest BCUT2D eigenvalue weighted by Gasteiger charge is 2.59. The van der Waals surface area contributed by atoms with E-state index in [1.807, 2.05) is 24.4 Å². The molecule has 7 nitrogen and oxygen atoms in total. The Bertz CT molecular complexity index is 1040. The zero-order valence-corrected chi connectivity index (χ0v) is 21.0. The molecule has 9 heteroatoms. The topological polar surface area (TPSA) is 105 Å². The maximum atomic E-state index is 15.3. The number of aliphatic hydroxyl groups is 1. The lowest BCUT2D eigenvalue weighted by Crippen LogP contribution is -2.66. The zero-order chi connectivity index (χ0) is 27.2. The number of benzene rings is 2. The molecule has 0 heterocycles. The minimum atomic E-state index is -4.35. The van der Waals surface area contributed by atoms with E-state index in [-0.39, 0.29) is 19.6 Å². The van der Waals surface area contributed by atoms with E-state index in [2.05, 4.69) is 5.32 Å². The highest BCUT2D eigenvalue weighted by atomic mass is 19.3. The summed E-state index contributed by atoms with van der Waals surface area (Å²) in [5.74, 6) is -4.33. The lowest BCUT2D eigenvalue weighted by Gasteiger charge is -2.35. The van der Waals surface area contributed by atoms with Crippen LogP contribution < -0.4 is 10.6 Å². The van der Waals surface area contributed by atoms with E-state index in [9.17, 15) is 19.5 Å². The van der Waals surface area contributed by atoms with Gasteiger partial charge in [-0.25, -0.2) is 9.59 Å². The largest absolute Gasteiger partial charge is 0.450 e. The standard InChI is InChI=1S/C28H34F2N2O5/c1-2-3-20-37-26(35)32-27(36,28(29,30)25(34)31-21-24-11-6-4-7-12-24)18-17-23-15-13-22(14-16-23)10-8-5-9-19-33/h4,6-7,9,11-16,36H,2-3,5,8,10,17-18,20-21H2,1H3,(H,31,34)(H,32,35). The number of carbonyl (C=O) groups is 2. The number of nitrogens with one attached hydrogen (secondary N) is 2. The molecule has 2 rings (SSSR count). The molecule has 2 amide bonds. The van der Waals surface area contributed by atoms with E-state index in [0.29, 0.717) is 24.0 Å². The molecule has 2 aromatic rings. The number of alkyl halides is 2. The van der Waals surface area contributed by atoms with Crippen LogP contribution in [0.15, 0.2) is 60.7 Å². The summed E-state index contributed by atoms with van der Waals surface area (Å²) >= 11 is 0.